The van der Waals surface area contributed by atoms with Crippen molar-refractivity contribution in [3.8, 4) is 0 Å². The van der Waals surface area contributed by atoms with E-state index in [-0.39, 0.29) is 11.9 Å². The van der Waals surface area contributed by atoms with Gasteiger partial charge in [0, 0.05) is 50.5 Å². The molecule has 0 saturated carbocycles. The maximum atomic E-state index is 12.2. The lowest BCUT2D eigenvalue weighted by molar-refractivity contribution is -0.122. The quantitative estimate of drug-likeness (QED) is 0.754. The molecule has 0 radical (unpaired) electrons. The number of carbonyl (C=O) groups excluding carboxylic acids is 2. The number of benzene rings is 1. The minimum Gasteiger partial charge on any atom is -0.383 e. The SMILES string of the molecule is COCCNC(=O)CN1CCN(C(=O)Nc2cccc(Cl)c2)CC1. The zero-order valence-corrected chi connectivity index (χ0v) is 14.5. The van der Waals surface area contributed by atoms with Crippen molar-refractivity contribution in [3.63, 3.8) is 0 Å². The molecule has 132 valence electrons. The number of hydrogen-bond acceptors (Lipinski definition) is 4. The molecule has 0 spiro atoms. The van der Waals surface area contributed by atoms with Gasteiger partial charge in [0.05, 0.1) is 13.2 Å². The Kier molecular flexibility index (Phi) is 7.30. The zero-order chi connectivity index (χ0) is 17.4. The summed E-state index contributed by atoms with van der Waals surface area (Å²) in [6.45, 7) is 3.85. The topological polar surface area (TPSA) is 73.9 Å². The Hall–Kier alpha value is -1.83. The highest BCUT2D eigenvalue weighted by Crippen LogP contribution is 2.15. The second kappa shape index (κ2) is 9.46. The monoisotopic (exact) mass is 354 g/mol. The van der Waals surface area contributed by atoms with E-state index in [1.165, 1.54) is 0 Å². The van der Waals surface area contributed by atoms with Crippen molar-refractivity contribution in [1.82, 2.24) is 15.1 Å². The van der Waals surface area contributed by atoms with E-state index in [2.05, 4.69) is 10.6 Å². The lowest BCUT2D eigenvalue weighted by atomic mass is 10.3. The smallest absolute Gasteiger partial charge is 0.321 e. The molecule has 2 N–H and O–H groups in total. The van der Waals surface area contributed by atoms with Crippen molar-refractivity contribution in [2.45, 2.75) is 0 Å². The first-order valence-corrected chi connectivity index (χ1v) is 8.26. The Morgan fingerprint density at radius 1 is 1.25 bits per heavy atom. The Bertz CT molecular complexity index is 562. The standard InChI is InChI=1S/C16H23ClN4O3/c1-24-10-5-18-15(22)12-20-6-8-21(9-7-20)16(23)19-14-4-2-3-13(17)11-14/h2-4,11H,5-10,12H2,1H3,(H,18,22)(H,19,23). The number of nitrogens with one attached hydrogen (secondary N) is 2. The van der Waals surface area contributed by atoms with Crippen LogP contribution >= 0.6 is 11.6 Å². The van der Waals surface area contributed by atoms with Gasteiger partial charge in [0.25, 0.3) is 0 Å². The van der Waals surface area contributed by atoms with Crippen LogP contribution in [0.1, 0.15) is 0 Å². The molecule has 0 aromatic heterocycles. The first kappa shape index (κ1) is 18.5. The van der Waals surface area contributed by atoms with Crippen molar-refractivity contribution >= 4 is 29.2 Å². The lowest BCUT2D eigenvalue weighted by Crippen LogP contribution is -2.52. The molecule has 3 amide bonds. The van der Waals surface area contributed by atoms with E-state index in [0.29, 0.717) is 56.6 Å². The van der Waals surface area contributed by atoms with Gasteiger partial charge in [-0.1, -0.05) is 17.7 Å². The Labute approximate surface area is 146 Å². The van der Waals surface area contributed by atoms with Gasteiger partial charge < -0.3 is 20.3 Å². The van der Waals surface area contributed by atoms with E-state index in [0.717, 1.165) is 0 Å². The van der Waals surface area contributed by atoms with Gasteiger partial charge in [-0.05, 0) is 18.2 Å². The van der Waals surface area contributed by atoms with Crippen LogP contribution in [0.4, 0.5) is 10.5 Å². The largest absolute Gasteiger partial charge is 0.383 e. The van der Waals surface area contributed by atoms with Gasteiger partial charge in [0.2, 0.25) is 5.91 Å². The van der Waals surface area contributed by atoms with Crippen molar-refractivity contribution in [2.75, 3.05) is 58.3 Å². The normalized spacial score (nSPS) is 15.2. The van der Waals surface area contributed by atoms with Gasteiger partial charge in [0.15, 0.2) is 0 Å². The number of halogens is 1. The fourth-order valence-corrected chi connectivity index (χ4v) is 2.62. The number of amides is 3. The number of anilines is 1. The van der Waals surface area contributed by atoms with Crippen LogP contribution in [0.15, 0.2) is 24.3 Å². The van der Waals surface area contributed by atoms with Gasteiger partial charge in [-0.2, -0.15) is 0 Å². The van der Waals surface area contributed by atoms with Crippen LogP contribution in [-0.2, 0) is 9.53 Å². The summed E-state index contributed by atoms with van der Waals surface area (Å²) >= 11 is 5.91. The molecular formula is C16H23ClN4O3. The maximum Gasteiger partial charge on any atom is 0.321 e. The molecule has 0 unspecified atom stereocenters. The van der Waals surface area contributed by atoms with E-state index in [1.807, 2.05) is 4.90 Å². The second-order valence-electron chi connectivity index (χ2n) is 5.55. The average Bonchev–Trinajstić information content (AvgIpc) is 2.55. The van der Waals surface area contributed by atoms with Crippen LogP contribution in [0.3, 0.4) is 0 Å². The minimum absolute atomic E-state index is 0.0242. The highest BCUT2D eigenvalue weighted by atomic mass is 35.5. The Morgan fingerprint density at radius 3 is 2.67 bits per heavy atom. The predicted octanol–water partition coefficient (Wildman–Crippen LogP) is 1.25. The molecule has 1 saturated heterocycles. The third kappa shape index (κ3) is 5.99. The van der Waals surface area contributed by atoms with Crippen molar-refractivity contribution < 1.29 is 14.3 Å². The molecule has 0 bridgehead atoms. The highest BCUT2D eigenvalue weighted by molar-refractivity contribution is 6.30. The molecule has 24 heavy (non-hydrogen) atoms. The fraction of sp³-hybridized carbons (Fsp3) is 0.500. The molecule has 1 aromatic carbocycles. The van der Waals surface area contributed by atoms with E-state index in [1.54, 1.807) is 36.3 Å². The first-order chi connectivity index (χ1) is 11.6. The van der Waals surface area contributed by atoms with E-state index >= 15 is 0 Å². The van der Waals surface area contributed by atoms with Crippen LogP contribution < -0.4 is 10.6 Å². The summed E-state index contributed by atoms with van der Waals surface area (Å²) in [5.74, 6) is -0.0242. The first-order valence-electron chi connectivity index (χ1n) is 7.88. The minimum atomic E-state index is -0.151. The number of hydrogen-bond donors (Lipinski definition) is 2. The number of ether oxygens (including phenoxy) is 1. The number of piperazine rings is 1. The van der Waals surface area contributed by atoms with E-state index in [9.17, 15) is 9.59 Å². The summed E-state index contributed by atoms with van der Waals surface area (Å²) in [5.41, 5.74) is 0.674. The van der Waals surface area contributed by atoms with Gasteiger partial charge in [-0.15, -0.1) is 0 Å². The lowest BCUT2D eigenvalue weighted by Gasteiger charge is -2.34. The number of nitrogens with zero attached hydrogens (tertiary/aromatic N) is 2. The number of methoxy groups -OCH3 is 1. The summed E-state index contributed by atoms with van der Waals surface area (Å²) < 4.78 is 4.89. The second-order valence-corrected chi connectivity index (χ2v) is 5.98. The van der Waals surface area contributed by atoms with E-state index < -0.39 is 0 Å². The third-order valence-electron chi connectivity index (χ3n) is 3.73. The van der Waals surface area contributed by atoms with Gasteiger partial charge in [-0.3, -0.25) is 9.69 Å². The van der Waals surface area contributed by atoms with Gasteiger partial charge >= 0.3 is 6.03 Å². The maximum absolute atomic E-state index is 12.2. The van der Waals surface area contributed by atoms with Gasteiger partial charge in [0.1, 0.15) is 0 Å². The Morgan fingerprint density at radius 2 is 2.00 bits per heavy atom. The molecule has 1 aromatic rings. The van der Waals surface area contributed by atoms with Crippen LogP contribution in [0.2, 0.25) is 5.02 Å². The molecule has 0 atom stereocenters. The highest BCUT2D eigenvalue weighted by Gasteiger charge is 2.22. The Balaban J connectivity index is 1.72. The van der Waals surface area contributed by atoms with Crippen LogP contribution in [-0.4, -0.2) is 74.7 Å². The molecule has 8 heteroatoms. The summed E-state index contributed by atoms with van der Waals surface area (Å²) in [7, 11) is 1.60. The molecular weight excluding hydrogens is 332 g/mol. The molecule has 2 rings (SSSR count). The molecule has 1 aliphatic rings. The van der Waals surface area contributed by atoms with Crippen LogP contribution in [0, 0.1) is 0 Å². The summed E-state index contributed by atoms with van der Waals surface area (Å²) in [5, 5.41) is 6.21. The van der Waals surface area contributed by atoms with Crippen molar-refractivity contribution in [3.05, 3.63) is 29.3 Å². The molecule has 1 heterocycles. The number of carbonyl (C=O) groups is 2. The fourth-order valence-electron chi connectivity index (χ4n) is 2.43. The number of rotatable bonds is 6. The molecule has 1 fully saturated rings. The predicted molar refractivity (Wildman–Crippen MR) is 93.4 cm³/mol. The molecule has 1 aliphatic heterocycles. The third-order valence-corrected chi connectivity index (χ3v) is 3.97. The molecule has 0 aliphatic carbocycles. The van der Waals surface area contributed by atoms with Crippen molar-refractivity contribution in [2.24, 2.45) is 0 Å². The summed E-state index contributed by atoms with van der Waals surface area (Å²) in [6, 6.07) is 6.90. The summed E-state index contributed by atoms with van der Waals surface area (Å²) in [6.07, 6.45) is 0. The summed E-state index contributed by atoms with van der Waals surface area (Å²) in [4.78, 5) is 27.8. The average molecular weight is 355 g/mol. The van der Waals surface area contributed by atoms with Crippen LogP contribution in [0.25, 0.3) is 0 Å². The molecule has 7 nitrogen and oxygen atoms in total. The van der Waals surface area contributed by atoms with Crippen LogP contribution in [0.5, 0.6) is 0 Å². The van der Waals surface area contributed by atoms with E-state index in [4.69, 9.17) is 16.3 Å². The zero-order valence-electron chi connectivity index (χ0n) is 13.8. The number of urea groups is 1. The van der Waals surface area contributed by atoms with Gasteiger partial charge in [-0.25, -0.2) is 4.79 Å². The van der Waals surface area contributed by atoms with Crippen molar-refractivity contribution in [1.29, 1.82) is 0 Å².